The molecule has 2 amide bonds. The lowest BCUT2D eigenvalue weighted by molar-refractivity contribution is -0.121. The van der Waals surface area contributed by atoms with Gasteiger partial charge in [0.15, 0.2) is 0 Å². The number of hydrogen-bond acceptors (Lipinski definition) is 5. The van der Waals surface area contributed by atoms with E-state index in [0.29, 0.717) is 13.0 Å². The lowest BCUT2D eigenvalue weighted by atomic mass is 10.1. The van der Waals surface area contributed by atoms with Crippen molar-refractivity contribution in [2.45, 2.75) is 50.1 Å². The normalized spacial score (nSPS) is 18.0. The Bertz CT molecular complexity index is 1080. The molecule has 1 aromatic heterocycles. The van der Waals surface area contributed by atoms with Gasteiger partial charge in [0, 0.05) is 49.6 Å². The van der Waals surface area contributed by atoms with Crippen molar-refractivity contribution in [3.05, 3.63) is 53.9 Å². The Hall–Kier alpha value is -2.78. The van der Waals surface area contributed by atoms with Crippen LogP contribution < -0.4 is 14.9 Å². The first-order chi connectivity index (χ1) is 14.8. The van der Waals surface area contributed by atoms with Gasteiger partial charge < -0.3 is 10.2 Å². The second-order valence-electron chi connectivity index (χ2n) is 8.11. The molecule has 1 fully saturated rings. The van der Waals surface area contributed by atoms with Gasteiger partial charge in [0.25, 0.3) is 0 Å². The zero-order chi connectivity index (χ0) is 22.0. The first-order valence-electron chi connectivity index (χ1n) is 10.5. The predicted molar refractivity (Wildman–Crippen MR) is 116 cm³/mol. The van der Waals surface area contributed by atoms with Crippen LogP contribution in [0.15, 0.2) is 47.6 Å². The standard InChI is InChI=1S/C22H26N4O4S/c1-15-11-18-12-19(6-7-20(18)26(15)22(28)17-4-5-17)31(29,30)25-10-8-21(27)24-14-16-3-2-9-23-13-16/h2-3,6-7,9,12-13,15,17,25H,4-5,8,10-11,14H2,1H3,(H,24,27)/t15-/m0/s1. The number of aromatic nitrogens is 1. The number of nitrogens with one attached hydrogen (secondary N) is 2. The maximum Gasteiger partial charge on any atom is 0.240 e. The molecule has 0 saturated heterocycles. The molecule has 2 aliphatic rings. The average molecular weight is 443 g/mol. The number of hydrogen-bond donors (Lipinski definition) is 2. The lowest BCUT2D eigenvalue weighted by Gasteiger charge is -2.22. The van der Waals surface area contributed by atoms with Gasteiger partial charge in [-0.25, -0.2) is 13.1 Å². The summed E-state index contributed by atoms with van der Waals surface area (Å²) in [5.74, 6) is 0.00335. The van der Waals surface area contributed by atoms with Crippen molar-refractivity contribution in [2.75, 3.05) is 11.4 Å². The van der Waals surface area contributed by atoms with Crippen LogP contribution in [0.2, 0.25) is 0 Å². The van der Waals surface area contributed by atoms with E-state index in [1.54, 1.807) is 30.6 Å². The van der Waals surface area contributed by atoms with Gasteiger partial charge in [-0.05, 0) is 61.6 Å². The molecule has 1 atom stereocenters. The zero-order valence-corrected chi connectivity index (χ0v) is 18.2. The van der Waals surface area contributed by atoms with Gasteiger partial charge in [0.1, 0.15) is 0 Å². The highest BCUT2D eigenvalue weighted by molar-refractivity contribution is 7.89. The summed E-state index contributed by atoms with van der Waals surface area (Å²) in [7, 11) is -3.75. The molecule has 0 unspecified atom stereocenters. The number of fused-ring (bicyclic) bond motifs is 1. The van der Waals surface area contributed by atoms with Gasteiger partial charge >= 0.3 is 0 Å². The summed E-state index contributed by atoms with van der Waals surface area (Å²) >= 11 is 0. The third-order valence-corrected chi connectivity index (χ3v) is 7.06. The van der Waals surface area contributed by atoms with E-state index in [-0.39, 0.29) is 41.6 Å². The Morgan fingerprint density at radius 1 is 1.23 bits per heavy atom. The smallest absolute Gasteiger partial charge is 0.240 e. The number of rotatable bonds is 8. The zero-order valence-electron chi connectivity index (χ0n) is 17.4. The summed E-state index contributed by atoms with van der Waals surface area (Å²) in [5, 5.41) is 2.74. The number of carbonyl (C=O) groups is 2. The van der Waals surface area contributed by atoms with E-state index in [1.165, 1.54) is 6.07 Å². The highest BCUT2D eigenvalue weighted by Gasteiger charge is 2.39. The van der Waals surface area contributed by atoms with Gasteiger partial charge in [-0.1, -0.05) is 6.07 Å². The molecule has 2 aromatic rings. The van der Waals surface area contributed by atoms with Crippen molar-refractivity contribution in [3.63, 3.8) is 0 Å². The average Bonchev–Trinajstić information content (AvgIpc) is 3.54. The fourth-order valence-corrected chi connectivity index (χ4v) is 4.89. The molecule has 1 aromatic carbocycles. The van der Waals surface area contributed by atoms with Crippen LogP contribution in [0.25, 0.3) is 0 Å². The maximum absolute atomic E-state index is 12.7. The Kier molecular flexibility index (Phi) is 6.06. The Balaban J connectivity index is 1.33. The molecule has 8 nitrogen and oxygen atoms in total. The molecule has 1 saturated carbocycles. The van der Waals surface area contributed by atoms with E-state index < -0.39 is 10.0 Å². The van der Waals surface area contributed by atoms with Gasteiger partial charge in [-0.15, -0.1) is 0 Å². The van der Waals surface area contributed by atoms with E-state index in [2.05, 4.69) is 15.0 Å². The Labute approximate surface area is 182 Å². The van der Waals surface area contributed by atoms with Crippen molar-refractivity contribution in [2.24, 2.45) is 5.92 Å². The van der Waals surface area contributed by atoms with Crippen LogP contribution in [0.3, 0.4) is 0 Å². The SMILES string of the molecule is C[C@H]1Cc2cc(S(=O)(=O)NCCC(=O)NCc3cccnc3)ccc2N1C(=O)C1CC1. The minimum atomic E-state index is -3.75. The summed E-state index contributed by atoms with van der Waals surface area (Å²) in [4.78, 5) is 30.5. The minimum absolute atomic E-state index is 0.000977. The number of pyridine rings is 1. The second kappa shape index (κ2) is 8.76. The second-order valence-corrected chi connectivity index (χ2v) is 9.88. The number of amides is 2. The summed E-state index contributed by atoms with van der Waals surface area (Å²) in [6, 6.07) is 8.54. The van der Waals surface area contributed by atoms with Crippen LogP contribution in [-0.4, -0.2) is 37.8 Å². The molecular formula is C22H26N4O4S. The van der Waals surface area contributed by atoms with E-state index in [4.69, 9.17) is 0 Å². The third kappa shape index (κ3) is 4.94. The largest absolute Gasteiger partial charge is 0.352 e. The Morgan fingerprint density at radius 2 is 2.03 bits per heavy atom. The molecule has 164 valence electrons. The summed E-state index contributed by atoms with van der Waals surface area (Å²) < 4.78 is 27.8. The van der Waals surface area contributed by atoms with E-state index in [0.717, 1.165) is 29.7 Å². The number of benzene rings is 1. The molecule has 0 bridgehead atoms. The highest BCUT2D eigenvalue weighted by atomic mass is 32.2. The summed E-state index contributed by atoms with van der Waals surface area (Å²) in [6.07, 6.45) is 5.85. The van der Waals surface area contributed by atoms with Crippen LogP contribution in [0.5, 0.6) is 0 Å². The topological polar surface area (TPSA) is 108 Å². The van der Waals surface area contributed by atoms with E-state index in [1.807, 2.05) is 17.9 Å². The van der Waals surface area contributed by atoms with Gasteiger partial charge in [0.05, 0.1) is 4.90 Å². The first kappa shape index (κ1) is 21.5. The minimum Gasteiger partial charge on any atom is -0.352 e. The lowest BCUT2D eigenvalue weighted by Crippen LogP contribution is -2.36. The molecular weight excluding hydrogens is 416 g/mol. The first-order valence-corrected chi connectivity index (χ1v) is 11.9. The molecule has 2 heterocycles. The maximum atomic E-state index is 12.7. The van der Waals surface area contributed by atoms with Crippen molar-refractivity contribution in [3.8, 4) is 0 Å². The Morgan fingerprint density at radius 3 is 2.74 bits per heavy atom. The van der Waals surface area contributed by atoms with Crippen LogP contribution in [0.1, 0.15) is 37.3 Å². The molecule has 1 aliphatic heterocycles. The van der Waals surface area contributed by atoms with Gasteiger partial charge in [0.2, 0.25) is 21.8 Å². The van der Waals surface area contributed by atoms with Gasteiger partial charge in [-0.2, -0.15) is 0 Å². The molecule has 9 heteroatoms. The van der Waals surface area contributed by atoms with Gasteiger partial charge in [-0.3, -0.25) is 14.6 Å². The van der Waals surface area contributed by atoms with Crippen LogP contribution in [0, 0.1) is 5.92 Å². The number of sulfonamides is 1. The monoisotopic (exact) mass is 442 g/mol. The molecule has 0 radical (unpaired) electrons. The van der Waals surface area contributed by atoms with Crippen LogP contribution in [0.4, 0.5) is 5.69 Å². The third-order valence-electron chi connectivity index (χ3n) is 5.60. The van der Waals surface area contributed by atoms with E-state index >= 15 is 0 Å². The number of anilines is 1. The van der Waals surface area contributed by atoms with E-state index in [9.17, 15) is 18.0 Å². The van der Waals surface area contributed by atoms with Crippen molar-refractivity contribution in [1.82, 2.24) is 15.0 Å². The highest BCUT2D eigenvalue weighted by Crippen LogP contribution is 2.39. The molecule has 31 heavy (non-hydrogen) atoms. The molecule has 2 N–H and O–H groups in total. The summed E-state index contributed by atoms with van der Waals surface area (Å²) in [5.41, 5.74) is 2.54. The number of nitrogens with zero attached hydrogens (tertiary/aromatic N) is 2. The quantitative estimate of drug-likeness (QED) is 0.648. The molecule has 4 rings (SSSR count). The van der Waals surface area contributed by atoms with Crippen LogP contribution in [-0.2, 0) is 32.6 Å². The molecule has 1 aliphatic carbocycles. The van der Waals surface area contributed by atoms with Crippen molar-refractivity contribution >= 4 is 27.5 Å². The number of carbonyl (C=O) groups excluding carboxylic acids is 2. The summed E-state index contributed by atoms with van der Waals surface area (Å²) in [6.45, 7) is 2.33. The fraction of sp³-hybridized carbons (Fsp3) is 0.409. The van der Waals surface area contributed by atoms with Crippen LogP contribution >= 0.6 is 0 Å². The van der Waals surface area contributed by atoms with Crippen molar-refractivity contribution < 1.29 is 18.0 Å². The van der Waals surface area contributed by atoms with Crippen molar-refractivity contribution in [1.29, 1.82) is 0 Å². The predicted octanol–water partition coefficient (Wildman–Crippen LogP) is 1.75. The fourth-order valence-electron chi connectivity index (χ4n) is 3.81. The molecule has 0 spiro atoms.